The lowest BCUT2D eigenvalue weighted by Crippen LogP contribution is -2.06. The van der Waals surface area contributed by atoms with Gasteiger partial charge in [0.1, 0.15) is 17.3 Å². The number of hydrogen-bond acceptors (Lipinski definition) is 4. The second-order valence-electron chi connectivity index (χ2n) is 4.00. The summed E-state index contributed by atoms with van der Waals surface area (Å²) in [5.74, 6) is 2.63. The average Bonchev–Trinajstić information content (AvgIpc) is 2.44. The van der Waals surface area contributed by atoms with Crippen LogP contribution in [0.25, 0.3) is 0 Å². The van der Waals surface area contributed by atoms with Gasteiger partial charge in [0.05, 0.1) is 0 Å². The van der Waals surface area contributed by atoms with Gasteiger partial charge in [0.2, 0.25) is 0 Å². The van der Waals surface area contributed by atoms with Crippen LogP contribution in [0.1, 0.15) is 0 Å². The van der Waals surface area contributed by atoms with Gasteiger partial charge in [0.25, 0.3) is 0 Å². The molecule has 0 aliphatic heterocycles. The molecule has 2 rings (SSSR count). The molecule has 0 heterocycles. The minimum atomic E-state index is -2.82. The maximum atomic E-state index is 9.22. The Morgan fingerprint density at radius 3 is 1.50 bits per heavy atom. The Morgan fingerprint density at radius 2 is 1.20 bits per heavy atom. The van der Waals surface area contributed by atoms with Gasteiger partial charge in [-0.1, -0.05) is 6.58 Å². The van der Waals surface area contributed by atoms with E-state index in [1.165, 1.54) is 30.1 Å². The van der Waals surface area contributed by atoms with E-state index in [-0.39, 0.29) is 11.5 Å². The highest BCUT2D eigenvalue weighted by atomic mass is 31.2. The van der Waals surface area contributed by atoms with Gasteiger partial charge in [-0.2, -0.15) is 0 Å². The molecule has 0 unspecified atom stereocenters. The van der Waals surface area contributed by atoms with Crippen LogP contribution in [0, 0.1) is 0 Å². The summed E-state index contributed by atoms with van der Waals surface area (Å²) in [6.07, 6.45) is 0. The standard InChI is InChI=1S/C14H13BO4P/c1-2-20(15,18-13-7-3-11(16)4-8-13)19-14-9-5-12(17)6-10-14/h2-10,16-17H,1H2/q+1. The number of aromatic hydroxyl groups is 2. The lowest BCUT2D eigenvalue weighted by atomic mass is 10.3. The highest BCUT2D eigenvalue weighted by Crippen LogP contribution is 2.56. The van der Waals surface area contributed by atoms with Gasteiger partial charge in [-0.3, -0.25) is 0 Å². The first-order valence-corrected chi connectivity index (χ1v) is 7.55. The predicted octanol–water partition coefficient (Wildman–Crippen LogP) is 3.63. The second kappa shape index (κ2) is 5.89. The van der Waals surface area contributed by atoms with Crippen molar-refractivity contribution in [2.45, 2.75) is 0 Å². The van der Waals surface area contributed by atoms with E-state index in [2.05, 4.69) is 6.58 Å². The molecule has 6 heteroatoms. The van der Waals surface area contributed by atoms with Gasteiger partial charge in [-0.15, -0.1) is 0 Å². The molecule has 100 valence electrons. The Kier molecular flexibility index (Phi) is 4.21. The molecular formula is C14H13BO4P+. The fourth-order valence-electron chi connectivity index (χ4n) is 1.44. The van der Waals surface area contributed by atoms with E-state index >= 15 is 0 Å². The van der Waals surface area contributed by atoms with Gasteiger partial charge >= 0.3 is 15.2 Å². The second-order valence-corrected chi connectivity index (χ2v) is 6.02. The van der Waals surface area contributed by atoms with Crippen molar-refractivity contribution in [3.63, 3.8) is 0 Å². The van der Waals surface area contributed by atoms with Crippen LogP contribution < -0.4 is 9.05 Å². The molecule has 0 aliphatic carbocycles. The van der Waals surface area contributed by atoms with E-state index in [1.54, 1.807) is 24.3 Å². The minimum absolute atomic E-state index is 0.136. The molecule has 0 bridgehead atoms. The Bertz CT molecular complexity index is 536. The summed E-state index contributed by atoms with van der Waals surface area (Å²) in [5.41, 5.74) is 0. The molecule has 2 N–H and O–H groups in total. The summed E-state index contributed by atoms with van der Waals surface area (Å²) in [6, 6.07) is 12.3. The van der Waals surface area contributed by atoms with Crippen molar-refractivity contribution in [1.82, 2.24) is 0 Å². The maximum absolute atomic E-state index is 9.22. The minimum Gasteiger partial charge on any atom is -0.508 e. The van der Waals surface area contributed by atoms with Gasteiger partial charge in [0, 0.05) is 0 Å². The van der Waals surface area contributed by atoms with E-state index < -0.39 is 7.59 Å². The SMILES string of the molecule is [B][P+](C=C)(Oc1ccc(O)cc1)Oc1ccc(O)cc1. The molecular weight excluding hydrogens is 274 g/mol. The Morgan fingerprint density at radius 1 is 0.850 bits per heavy atom. The Hall–Kier alpha value is -2.13. The van der Waals surface area contributed by atoms with Crippen LogP contribution in [-0.2, 0) is 0 Å². The maximum Gasteiger partial charge on any atom is 0.477 e. The first-order valence-electron chi connectivity index (χ1n) is 5.79. The van der Waals surface area contributed by atoms with Crippen molar-refractivity contribution >= 4 is 15.2 Å². The monoisotopic (exact) mass is 287 g/mol. The van der Waals surface area contributed by atoms with Crippen LogP contribution in [0.3, 0.4) is 0 Å². The summed E-state index contributed by atoms with van der Waals surface area (Å²) >= 11 is 0. The largest absolute Gasteiger partial charge is 0.508 e. The molecule has 0 fully saturated rings. The van der Waals surface area contributed by atoms with E-state index in [1.807, 2.05) is 0 Å². The molecule has 20 heavy (non-hydrogen) atoms. The lowest BCUT2D eigenvalue weighted by molar-refractivity contribution is 0.467. The average molecular weight is 287 g/mol. The zero-order valence-corrected chi connectivity index (χ0v) is 11.5. The molecule has 4 nitrogen and oxygen atoms in total. The molecule has 0 amide bonds. The molecule has 2 aromatic rings. The Labute approximate surface area is 119 Å². The summed E-state index contributed by atoms with van der Waals surface area (Å²) in [4.78, 5) is 0. The first-order chi connectivity index (χ1) is 9.50. The third kappa shape index (κ3) is 3.68. The fourth-order valence-corrected chi connectivity index (χ4v) is 2.53. The Balaban J connectivity index is 2.14. The van der Waals surface area contributed by atoms with E-state index in [0.717, 1.165) is 0 Å². The molecule has 0 aromatic heterocycles. The van der Waals surface area contributed by atoms with Crippen molar-refractivity contribution in [1.29, 1.82) is 0 Å². The van der Waals surface area contributed by atoms with Crippen molar-refractivity contribution < 1.29 is 19.3 Å². The number of rotatable bonds is 5. The van der Waals surface area contributed by atoms with E-state index in [9.17, 15) is 10.2 Å². The summed E-state index contributed by atoms with van der Waals surface area (Å²) in [6.45, 7) is 3.64. The van der Waals surface area contributed by atoms with E-state index in [4.69, 9.17) is 16.6 Å². The highest BCUT2D eigenvalue weighted by molar-refractivity contribution is 7.92. The summed E-state index contributed by atoms with van der Waals surface area (Å²) in [7, 11) is 3.24. The molecule has 0 saturated carbocycles. The van der Waals surface area contributed by atoms with Crippen LogP contribution >= 0.6 is 7.59 Å². The van der Waals surface area contributed by atoms with Crippen molar-refractivity contribution in [3.05, 3.63) is 60.9 Å². The topological polar surface area (TPSA) is 58.9 Å². The molecule has 0 aliphatic rings. The highest BCUT2D eigenvalue weighted by Gasteiger charge is 2.36. The van der Waals surface area contributed by atoms with Crippen molar-refractivity contribution in [3.8, 4) is 23.0 Å². The number of phenolic OH excluding ortho intramolecular Hbond substituents is 2. The number of phenols is 2. The van der Waals surface area contributed by atoms with Gasteiger partial charge in [0.15, 0.2) is 11.5 Å². The number of benzene rings is 2. The van der Waals surface area contributed by atoms with Crippen LogP contribution in [0.15, 0.2) is 60.9 Å². The van der Waals surface area contributed by atoms with Gasteiger partial charge in [-0.25, -0.2) is 0 Å². The van der Waals surface area contributed by atoms with Crippen LogP contribution in [0.2, 0.25) is 0 Å². The molecule has 0 atom stereocenters. The van der Waals surface area contributed by atoms with E-state index in [0.29, 0.717) is 11.5 Å². The quantitative estimate of drug-likeness (QED) is 0.651. The third-order valence-electron chi connectivity index (χ3n) is 2.42. The van der Waals surface area contributed by atoms with Gasteiger partial charge in [-0.05, 0) is 48.5 Å². The number of hydrogen-bond donors (Lipinski definition) is 2. The lowest BCUT2D eigenvalue weighted by Gasteiger charge is -2.18. The van der Waals surface area contributed by atoms with Gasteiger partial charge < -0.3 is 19.3 Å². The summed E-state index contributed by atoms with van der Waals surface area (Å²) in [5, 5.41) is 18.4. The van der Waals surface area contributed by atoms with Crippen LogP contribution in [0.4, 0.5) is 0 Å². The van der Waals surface area contributed by atoms with Crippen LogP contribution in [0.5, 0.6) is 23.0 Å². The molecule has 2 radical (unpaired) electrons. The predicted molar refractivity (Wildman–Crippen MR) is 80.3 cm³/mol. The summed E-state index contributed by atoms with van der Waals surface area (Å²) < 4.78 is 11.2. The van der Waals surface area contributed by atoms with Crippen LogP contribution in [-0.4, -0.2) is 17.8 Å². The zero-order valence-electron chi connectivity index (χ0n) is 10.6. The molecule has 0 saturated heterocycles. The van der Waals surface area contributed by atoms with Crippen molar-refractivity contribution in [2.75, 3.05) is 0 Å². The molecule has 2 aromatic carbocycles. The normalized spacial score (nSPS) is 10.8. The van der Waals surface area contributed by atoms with Crippen molar-refractivity contribution in [2.24, 2.45) is 0 Å². The third-order valence-corrected chi connectivity index (χ3v) is 3.93. The fraction of sp³-hybridized carbons (Fsp3) is 0. The molecule has 0 spiro atoms. The first kappa shape index (κ1) is 14.3. The zero-order chi connectivity index (χ0) is 14.6. The smallest absolute Gasteiger partial charge is 0.477 e.